The van der Waals surface area contributed by atoms with Gasteiger partial charge in [0.1, 0.15) is 0 Å². The van der Waals surface area contributed by atoms with Crippen LogP contribution >= 0.6 is 0 Å². The third-order valence-corrected chi connectivity index (χ3v) is 4.52. The predicted molar refractivity (Wildman–Crippen MR) is 83.2 cm³/mol. The number of aliphatic carboxylic acids is 1. The molecule has 1 N–H and O–H groups in total. The number of nitrogens with zero attached hydrogens (tertiary/aromatic N) is 2. The summed E-state index contributed by atoms with van der Waals surface area (Å²) in [5, 5.41) is 8.94. The molecule has 0 saturated carbocycles. The van der Waals surface area contributed by atoms with Crippen molar-refractivity contribution in [2.24, 2.45) is 17.3 Å². The summed E-state index contributed by atoms with van der Waals surface area (Å²) in [6, 6.07) is -0.0438. The number of hydrogen-bond donors (Lipinski definition) is 1. The molecule has 5 nitrogen and oxygen atoms in total. The van der Waals surface area contributed by atoms with Crippen molar-refractivity contribution in [1.82, 2.24) is 9.80 Å². The SMILES string of the molecule is CC(CN(C)C(=O)N1CCCC(C(C)(C)C)CC1)C(=O)O. The molecular weight excluding hydrogens is 268 g/mol. The highest BCUT2D eigenvalue weighted by atomic mass is 16.4. The van der Waals surface area contributed by atoms with E-state index >= 15 is 0 Å². The predicted octanol–water partition coefficient (Wildman–Crippen LogP) is 2.91. The number of urea groups is 1. The lowest BCUT2D eigenvalue weighted by Gasteiger charge is -2.30. The van der Waals surface area contributed by atoms with Gasteiger partial charge in [-0.2, -0.15) is 0 Å². The molecule has 0 aromatic carbocycles. The highest BCUT2D eigenvalue weighted by Crippen LogP contribution is 2.34. The molecule has 1 aliphatic heterocycles. The summed E-state index contributed by atoms with van der Waals surface area (Å²) < 4.78 is 0. The second kappa shape index (κ2) is 7.14. The fourth-order valence-corrected chi connectivity index (χ4v) is 2.96. The van der Waals surface area contributed by atoms with E-state index in [9.17, 15) is 9.59 Å². The van der Waals surface area contributed by atoms with E-state index in [1.807, 2.05) is 4.90 Å². The summed E-state index contributed by atoms with van der Waals surface area (Å²) in [5.41, 5.74) is 0.281. The topological polar surface area (TPSA) is 60.9 Å². The van der Waals surface area contributed by atoms with E-state index in [0.717, 1.165) is 32.4 Å². The second-order valence-electron chi connectivity index (χ2n) is 7.38. The van der Waals surface area contributed by atoms with Gasteiger partial charge in [0.15, 0.2) is 0 Å². The molecule has 1 heterocycles. The van der Waals surface area contributed by atoms with Gasteiger partial charge in [-0.25, -0.2) is 4.79 Å². The van der Waals surface area contributed by atoms with Crippen LogP contribution in [0.1, 0.15) is 47.0 Å². The average molecular weight is 298 g/mol. The zero-order valence-electron chi connectivity index (χ0n) is 14.1. The molecule has 1 rings (SSSR count). The Kier molecular flexibility index (Phi) is 6.05. The van der Waals surface area contributed by atoms with Gasteiger partial charge in [-0.15, -0.1) is 0 Å². The van der Waals surface area contributed by atoms with Gasteiger partial charge in [0.2, 0.25) is 0 Å². The van der Waals surface area contributed by atoms with Crippen molar-refractivity contribution in [3.8, 4) is 0 Å². The van der Waals surface area contributed by atoms with Crippen LogP contribution in [0.4, 0.5) is 4.79 Å². The molecular formula is C16H30N2O3. The lowest BCUT2D eigenvalue weighted by molar-refractivity contribution is -0.141. The Bertz CT molecular complexity index is 376. The lowest BCUT2D eigenvalue weighted by atomic mass is 9.77. The van der Waals surface area contributed by atoms with E-state index in [4.69, 9.17) is 5.11 Å². The van der Waals surface area contributed by atoms with Crippen LogP contribution in [0.2, 0.25) is 0 Å². The first kappa shape index (κ1) is 17.8. The molecule has 2 amide bonds. The number of carboxylic acids is 1. The molecule has 2 unspecified atom stereocenters. The van der Waals surface area contributed by atoms with Crippen LogP contribution in [0.15, 0.2) is 0 Å². The summed E-state index contributed by atoms with van der Waals surface area (Å²) in [7, 11) is 1.69. The zero-order valence-corrected chi connectivity index (χ0v) is 14.1. The quantitative estimate of drug-likeness (QED) is 0.871. The number of carboxylic acid groups (broad SMARTS) is 1. The third kappa shape index (κ3) is 5.21. The molecule has 2 atom stereocenters. The summed E-state index contributed by atoms with van der Waals surface area (Å²) >= 11 is 0. The molecule has 0 radical (unpaired) electrons. The second-order valence-corrected chi connectivity index (χ2v) is 7.38. The monoisotopic (exact) mass is 298 g/mol. The maximum absolute atomic E-state index is 12.4. The normalized spacial score (nSPS) is 21.6. The molecule has 1 fully saturated rings. The highest BCUT2D eigenvalue weighted by Gasteiger charge is 2.29. The molecule has 0 spiro atoms. The standard InChI is InChI=1S/C16H30N2O3/c1-12(14(19)20)11-17(5)15(21)18-9-6-7-13(8-10-18)16(2,3)4/h12-13H,6-11H2,1-5H3,(H,19,20). The first-order chi connectivity index (χ1) is 9.62. The molecule has 1 saturated heterocycles. The minimum absolute atomic E-state index is 0.0438. The Morgan fingerprint density at radius 1 is 1.29 bits per heavy atom. The highest BCUT2D eigenvalue weighted by molar-refractivity contribution is 5.75. The third-order valence-electron chi connectivity index (χ3n) is 4.52. The van der Waals surface area contributed by atoms with Gasteiger partial charge in [0, 0.05) is 26.7 Å². The summed E-state index contributed by atoms with van der Waals surface area (Å²) in [6.07, 6.45) is 3.20. The summed E-state index contributed by atoms with van der Waals surface area (Å²) in [6.45, 7) is 10.2. The van der Waals surface area contributed by atoms with Gasteiger partial charge in [-0.05, 0) is 30.6 Å². The number of rotatable bonds is 3. The van der Waals surface area contributed by atoms with Crippen molar-refractivity contribution >= 4 is 12.0 Å². The smallest absolute Gasteiger partial charge is 0.319 e. The Morgan fingerprint density at radius 3 is 2.43 bits per heavy atom. The van der Waals surface area contributed by atoms with Gasteiger partial charge >= 0.3 is 12.0 Å². The molecule has 1 aliphatic rings. The summed E-state index contributed by atoms with van der Waals surface area (Å²) in [5.74, 6) is -0.759. The van der Waals surface area contributed by atoms with Crippen molar-refractivity contribution in [3.05, 3.63) is 0 Å². The first-order valence-electron chi connectivity index (χ1n) is 7.85. The van der Waals surface area contributed by atoms with Gasteiger partial charge < -0.3 is 14.9 Å². The minimum atomic E-state index is -0.863. The molecule has 21 heavy (non-hydrogen) atoms. The van der Waals surface area contributed by atoms with Crippen LogP contribution in [0.25, 0.3) is 0 Å². The van der Waals surface area contributed by atoms with Gasteiger partial charge in [-0.3, -0.25) is 4.79 Å². The van der Waals surface area contributed by atoms with Crippen molar-refractivity contribution < 1.29 is 14.7 Å². The maximum Gasteiger partial charge on any atom is 0.319 e. The fourth-order valence-electron chi connectivity index (χ4n) is 2.96. The number of carbonyl (C=O) groups excluding carboxylic acids is 1. The van der Waals surface area contributed by atoms with Gasteiger partial charge in [-0.1, -0.05) is 27.7 Å². The van der Waals surface area contributed by atoms with Crippen LogP contribution in [0.5, 0.6) is 0 Å². The zero-order chi connectivity index (χ0) is 16.2. The van der Waals surface area contributed by atoms with E-state index in [1.165, 1.54) is 4.90 Å². The van der Waals surface area contributed by atoms with Crippen molar-refractivity contribution in [2.75, 3.05) is 26.7 Å². The van der Waals surface area contributed by atoms with Crippen molar-refractivity contribution in [2.45, 2.75) is 47.0 Å². The number of hydrogen-bond acceptors (Lipinski definition) is 2. The summed E-state index contributed by atoms with van der Waals surface area (Å²) in [4.78, 5) is 26.7. The van der Waals surface area contributed by atoms with E-state index < -0.39 is 11.9 Å². The minimum Gasteiger partial charge on any atom is -0.481 e. The van der Waals surface area contributed by atoms with Gasteiger partial charge in [0.05, 0.1) is 5.92 Å². The number of likely N-dealkylation sites (tertiary alicyclic amines) is 1. The van der Waals surface area contributed by atoms with Crippen LogP contribution < -0.4 is 0 Å². The van der Waals surface area contributed by atoms with Crippen LogP contribution in [-0.2, 0) is 4.79 Å². The molecule has 0 aromatic rings. The Morgan fingerprint density at radius 2 is 1.90 bits per heavy atom. The number of carbonyl (C=O) groups is 2. The van der Waals surface area contributed by atoms with E-state index in [-0.39, 0.29) is 18.0 Å². The van der Waals surface area contributed by atoms with Crippen LogP contribution in [-0.4, -0.2) is 53.6 Å². The average Bonchev–Trinajstić information content (AvgIpc) is 2.62. The van der Waals surface area contributed by atoms with Crippen molar-refractivity contribution in [3.63, 3.8) is 0 Å². The van der Waals surface area contributed by atoms with Gasteiger partial charge in [0.25, 0.3) is 0 Å². The molecule has 0 aliphatic carbocycles. The van der Waals surface area contributed by atoms with E-state index in [0.29, 0.717) is 5.92 Å². The maximum atomic E-state index is 12.4. The fraction of sp³-hybridized carbons (Fsp3) is 0.875. The largest absolute Gasteiger partial charge is 0.481 e. The van der Waals surface area contributed by atoms with Crippen LogP contribution in [0, 0.1) is 17.3 Å². The Balaban J connectivity index is 2.57. The van der Waals surface area contributed by atoms with E-state index in [2.05, 4.69) is 20.8 Å². The molecule has 0 aromatic heterocycles. The van der Waals surface area contributed by atoms with Crippen molar-refractivity contribution in [1.29, 1.82) is 0 Å². The molecule has 122 valence electrons. The molecule has 5 heteroatoms. The Labute approximate surface area is 128 Å². The molecule has 0 bridgehead atoms. The van der Waals surface area contributed by atoms with Crippen LogP contribution in [0.3, 0.4) is 0 Å². The Hall–Kier alpha value is -1.26. The first-order valence-corrected chi connectivity index (χ1v) is 7.85. The van der Waals surface area contributed by atoms with E-state index in [1.54, 1.807) is 14.0 Å². The lowest BCUT2D eigenvalue weighted by Crippen LogP contribution is -2.44. The number of amides is 2.